The molecule has 1 aliphatic carbocycles. The van der Waals surface area contributed by atoms with Crippen molar-refractivity contribution in [1.29, 1.82) is 0 Å². The first kappa shape index (κ1) is 14.9. The highest BCUT2D eigenvalue weighted by molar-refractivity contribution is 5.76. The molecule has 0 aliphatic heterocycles. The fourth-order valence-electron chi connectivity index (χ4n) is 2.41. The number of ether oxygens (including phenoxy) is 1. The van der Waals surface area contributed by atoms with E-state index in [4.69, 9.17) is 4.74 Å². The quantitative estimate of drug-likeness (QED) is 0.751. The number of benzene rings is 1. The van der Waals surface area contributed by atoms with Gasteiger partial charge in [-0.15, -0.1) is 0 Å². The van der Waals surface area contributed by atoms with E-state index >= 15 is 0 Å². The van der Waals surface area contributed by atoms with Crippen LogP contribution in [0.2, 0.25) is 0 Å². The molecule has 0 aromatic heterocycles. The standard InChI is InChI=1S/C16H23NO3/c1-13-5-2-6-14(11-13)20-10-3-7-15(19)17-16(12-18)8-4-9-16/h2,5-6,11,18H,3-4,7-10,12H2,1H3,(H,17,19). The average Bonchev–Trinajstić information content (AvgIpc) is 2.39. The Bertz CT molecular complexity index is 449. The third-order valence-electron chi connectivity index (χ3n) is 3.82. The molecule has 0 heterocycles. The summed E-state index contributed by atoms with van der Waals surface area (Å²) in [6, 6.07) is 7.88. The highest BCUT2D eigenvalue weighted by atomic mass is 16.5. The zero-order valence-electron chi connectivity index (χ0n) is 12.0. The van der Waals surface area contributed by atoms with Gasteiger partial charge in [0.2, 0.25) is 5.91 Å². The smallest absolute Gasteiger partial charge is 0.220 e. The van der Waals surface area contributed by atoms with Crippen LogP contribution in [0.5, 0.6) is 5.75 Å². The van der Waals surface area contributed by atoms with Crippen molar-refractivity contribution in [3.8, 4) is 5.75 Å². The van der Waals surface area contributed by atoms with Gasteiger partial charge >= 0.3 is 0 Å². The summed E-state index contributed by atoms with van der Waals surface area (Å²) in [7, 11) is 0. The van der Waals surface area contributed by atoms with Gasteiger partial charge in [-0.1, -0.05) is 12.1 Å². The summed E-state index contributed by atoms with van der Waals surface area (Å²) in [5.74, 6) is 0.850. The molecule has 4 nitrogen and oxygen atoms in total. The molecule has 1 saturated carbocycles. The first-order valence-corrected chi connectivity index (χ1v) is 7.25. The van der Waals surface area contributed by atoms with Crippen LogP contribution in [0.15, 0.2) is 24.3 Å². The van der Waals surface area contributed by atoms with Crippen molar-refractivity contribution in [3.05, 3.63) is 29.8 Å². The van der Waals surface area contributed by atoms with Gasteiger partial charge in [0, 0.05) is 6.42 Å². The second-order valence-corrected chi connectivity index (χ2v) is 5.61. The summed E-state index contributed by atoms with van der Waals surface area (Å²) >= 11 is 0. The molecule has 0 atom stereocenters. The number of hydrogen-bond donors (Lipinski definition) is 2. The number of carbonyl (C=O) groups excluding carboxylic acids is 1. The van der Waals surface area contributed by atoms with Crippen molar-refractivity contribution in [1.82, 2.24) is 5.32 Å². The lowest BCUT2D eigenvalue weighted by molar-refractivity contribution is -0.125. The number of aliphatic hydroxyl groups is 1. The van der Waals surface area contributed by atoms with Gasteiger partial charge in [-0.3, -0.25) is 4.79 Å². The summed E-state index contributed by atoms with van der Waals surface area (Å²) in [6.45, 7) is 2.59. The van der Waals surface area contributed by atoms with Gasteiger partial charge in [0.1, 0.15) is 5.75 Å². The van der Waals surface area contributed by atoms with E-state index in [2.05, 4.69) is 5.32 Å². The van der Waals surface area contributed by atoms with Gasteiger partial charge in [0.25, 0.3) is 0 Å². The zero-order valence-corrected chi connectivity index (χ0v) is 12.0. The Kier molecular flexibility index (Phi) is 5.01. The number of aliphatic hydroxyl groups excluding tert-OH is 1. The minimum absolute atomic E-state index is 0.00610. The SMILES string of the molecule is Cc1cccc(OCCCC(=O)NC2(CO)CCC2)c1. The zero-order chi connectivity index (χ0) is 14.4. The van der Waals surface area contributed by atoms with E-state index in [0.29, 0.717) is 19.4 Å². The number of carbonyl (C=O) groups is 1. The van der Waals surface area contributed by atoms with E-state index < -0.39 is 0 Å². The molecule has 2 rings (SSSR count). The van der Waals surface area contributed by atoms with Gasteiger partial charge < -0.3 is 15.2 Å². The van der Waals surface area contributed by atoms with E-state index in [-0.39, 0.29) is 18.1 Å². The predicted molar refractivity (Wildman–Crippen MR) is 77.7 cm³/mol. The van der Waals surface area contributed by atoms with Crippen LogP contribution in [0, 0.1) is 6.92 Å². The van der Waals surface area contributed by atoms with Gasteiger partial charge in [0.05, 0.1) is 18.8 Å². The molecule has 1 fully saturated rings. The lowest BCUT2D eigenvalue weighted by atomic mass is 9.77. The Morgan fingerprint density at radius 1 is 1.45 bits per heavy atom. The molecule has 0 bridgehead atoms. The van der Waals surface area contributed by atoms with E-state index in [1.54, 1.807) is 0 Å². The van der Waals surface area contributed by atoms with Crippen molar-refractivity contribution < 1.29 is 14.6 Å². The minimum Gasteiger partial charge on any atom is -0.494 e. The summed E-state index contributed by atoms with van der Waals surface area (Å²) in [4.78, 5) is 11.8. The average molecular weight is 277 g/mol. The number of amides is 1. The molecule has 1 aromatic rings. The summed E-state index contributed by atoms with van der Waals surface area (Å²) in [5.41, 5.74) is 0.823. The number of rotatable bonds is 7. The maximum atomic E-state index is 11.8. The molecule has 110 valence electrons. The van der Waals surface area contributed by atoms with Gasteiger partial charge in [-0.25, -0.2) is 0 Å². The first-order valence-electron chi connectivity index (χ1n) is 7.25. The van der Waals surface area contributed by atoms with E-state index in [1.807, 2.05) is 31.2 Å². The van der Waals surface area contributed by atoms with Crippen LogP contribution in [0.1, 0.15) is 37.7 Å². The van der Waals surface area contributed by atoms with Crippen LogP contribution >= 0.6 is 0 Å². The number of aryl methyl sites for hydroxylation is 1. The molecule has 0 spiro atoms. The molecule has 4 heteroatoms. The maximum absolute atomic E-state index is 11.8. The van der Waals surface area contributed by atoms with Crippen molar-refractivity contribution in [2.75, 3.05) is 13.2 Å². The summed E-state index contributed by atoms with van der Waals surface area (Å²) in [5, 5.41) is 12.2. The lowest BCUT2D eigenvalue weighted by Crippen LogP contribution is -2.56. The van der Waals surface area contributed by atoms with Crippen LogP contribution in [-0.2, 0) is 4.79 Å². The Balaban J connectivity index is 1.64. The molecule has 0 radical (unpaired) electrons. The first-order chi connectivity index (χ1) is 9.63. The maximum Gasteiger partial charge on any atom is 0.220 e. The topological polar surface area (TPSA) is 58.6 Å². The fourth-order valence-corrected chi connectivity index (χ4v) is 2.41. The highest BCUT2D eigenvalue weighted by Crippen LogP contribution is 2.31. The third-order valence-corrected chi connectivity index (χ3v) is 3.82. The minimum atomic E-state index is -0.339. The molecule has 0 saturated heterocycles. The molecule has 2 N–H and O–H groups in total. The van der Waals surface area contributed by atoms with Gasteiger partial charge in [-0.2, -0.15) is 0 Å². The molecular weight excluding hydrogens is 254 g/mol. The van der Waals surface area contributed by atoms with Crippen molar-refractivity contribution in [2.45, 2.75) is 44.6 Å². The predicted octanol–water partition coefficient (Wildman–Crippen LogP) is 2.19. The molecule has 20 heavy (non-hydrogen) atoms. The van der Waals surface area contributed by atoms with Gasteiger partial charge in [-0.05, 0) is 50.3 Å². The lowest BCUT2D eigenvalue weighted by Gasteiger charge is -2.41. The second-order valence-electron chi connectivity index (χ2n) is 5.61. The second kappa shape index (κ2) is 6.75. The molecule has 1 aliphatic rings. The Morgan fingerprint density at radius 2 is 2.25 bits per heavy atom. The number of nitrogens with one attached hydrogen (secondary N) is 1. The third kappa shape index (κ3) is 3.97. The van der Waals surface area contributed by atoms with E-state index in [9.17, 15) is 9.90 Å². The van der Waals surface area contributed by atoms with Crippen LogP contribution in [0.4, 0.5) is 0 Å². The summed E-state index contributed by atoms with van der Waals surface area (Å²) < 4.78 is 5.60. The van der Waals surface area contributed by atoms with Gasteiger partial charge in [0.15, 0.2) is 0 Å². The van der Waals surface area contributed by atoms with Crippen molar-refractivity contribution in [2.24, 2.45) is 0 Å². The van der Waals surface area contributed by atoms with Crippen LogP contribution in [-0.4, -0.2) is 29.8 Å². The van der Waals surface area contributed by atoms with Crippen LogP contribution < -0.4 is 10.1 Å². The Hall–Kier alpha value is -1.55. The van der Waals surface area contributed by atoms with Crippen LogP contribution in [0.25, 0.3) is 0 Å². The molecule has 1 aromatic carbocycles. The Morgan fingerprint density at radius 3 is 2.85 bits per heavy atom. The fraction of sp³-hybridized carbons (Fsp3) is 0.562. The van der Waals surface area contributed by atoms with Crippen LogP contribution in [0.3, 0.4) is 0 Å². The monoisotopic (exact) mass is 277 g/mol. The Labute approximate surface area is 120 Å². The largest absolute Gasteiger partial charge is 0.494 e. The van der Waals surface area contributed by atoms with Crippen molar-refractivity contribution >= 4 is 5.91 Å². The van der Waals surface area contributed by atoms with E-state index in [1.165, 1.54) is 0 Å². The van der Waals surface area contributed by atoms with Crippen molar-refractivity contribution in [3.63, 3.8) is 0 Å². The van der Waals surface area contributed by atoms with E-state index in [0.717, 1.165) is 30.6 Å². The number of hydrogen-bond acceptors (Lipinski definition) is 3. The molecular formula is C16H23NO3. The highest BCUT2D eigenvalue weighted by Gasteiger charge is 2.37. The normalized spacial score (nSPS) is 16.3. The summed E-state index contributed by atoms with van der Waals surface area (Å²) in [6.07, 6.45) is 3.97. The molecule has 1 amide bonds. The molecule has 0 unspecified atom stereocenters.